The van der Waals surface area contributed by atoms with Gasteiger partial charge in [-0.3, -0.25) is 0 Å². The van der Waals surface area contributed by atoms with Crippen molar-refractivity contribution in [3.05, 3.63) is 254 Å². The Morgan fingerprint density at radius 3 is 1.57 bits per heavy atom. The van der Waals surface area contributed by atoms with E-state index in [1.54, 1.807) is 0 Å². The van der Waals surface area contributed by atoms with Gasteiger partial charge in [0.1, 0.15) is 0 Å². The minimum Gasteiger partial charge on any atom is -0.310 e. The van der Waals surface area contributed by atoms with E-state index in [2.05, 4.69) is 266 Å². The predicted octanol–water partition coefficient (Wildman–Crippen LogP) is 19.0. The van der Waals surface area contributed by atoms with Crippen LogP contribution in [0.4, 0.5) is 17.1 Å². The van der Waals surface area contributed by atoms with E-state index in [0.29, 0.717) is 0 Å². The summed E-state index contributed by atoms with van der Waals surface area (Å²) in [6.45, 7) is 4.71. The molecule has 0 atom stereocenters. The first-order valence-electron chi connectivity index (χ1n) is 24.2. The summed E-state index contributed by atoms with van der Waals surface area (Å²) >= 11 is 1.90. The first kappa shape index (κ1) is 40.6. The molecule has 0 bridgehead atoms. The molecule has 0 spiro atoms. The van der Waals surface area contributed by atoms with E-state index < -0.39 is 0 Å². The van der Waals surface area contributed by atoms with Crippen LogP contribution in [0.5, 0.6) is 0 Å². The second kappa shape index (κ2) is 15.8. The van der Waals surface area contributed by atoms with Crippen LogP contribution in [0, 0.1) is 0 Å². The molecule has 70 heavy (non-hydrogen) atoms. The van der Waals surface area contributed by atoms with Gasteiger partial charge in [-0.1, -0.05) is 202 Å². The molecule has 13 aromatic rings. The molecule has 0 amide bonds. The molecule has 0 unspecified atom stereocenters. The van der Waals surface area contributed by atoms with Crippen molar-refractivity contribution in [3.63, 3.8) is 0 Å². The van der Waals surface area contributed by atoms with Crippen molar-refractivity contribution in [2.24, 2.45) is 0 Å². The minimum atomic E-state index is -0.0695. The Balaban J connectivity index is 0.871. The maximum absolute atomic E-state index is 2.55. The van der Waals surface area contributed by atoms with Crippen LogP contribution >= 0.6 is 11.3 Å². The number of fused-ring (bicyclic) bond motifs is 9. The monoisotopic (exact) mass is 910 g/mol. The van der Waals surface area contributed by atoms with E-state index in [4.69, 9.17) is 0 Å². The molecule has 3 heteroatoms. The minimum absolute atomic E-state index is 0.0695. The summed E-state index contributed by atoms with van der Waals surface area (Å²) in [5.41, 5.74) is 22.2. The van der Waals surface area contributed by atoms with E-state index in [9.17, 15) is 0 Å². The van der Waals surface area contributed by atoms with Gasteiger partial charge in [-0.2, -0.15) is 0 Å². The predicted molar refractivity (Wildman–Crippen MR) is 298 cm³/mol. The molecular weight excluding hydrogens is 865 g/mol. The third kappa shape index (κ3) is 6.25. The lowest BCUT2D eigenvalue weighted by Gasteiger charge is -2.27. The SMILES string of the molecule is CC1(C)c2ccccc2-c2ccc(-c3cccc(N(c4ccc(-c5ccccc5)cc4)c4ccc(-c5ccc6c(c5)c5cccc7c8c(-c9ccccc9)sc(-c9ccccc9)c8n6c57)cc4)c3)cc21. The standard InChI is InChI=1S/C67H46N2S/c1-67(2)59-27-13-12-24-54(59)55-38-32-50(42-60(55)67)48-22-14-23-53(40-48)68(51-34-28-44(29-35-51)43-16-6-3-7-17-43)52-36-30-45(31-37-52)49-33-39-61-58(41-49)56-25-15-26-57-62-64(69(61)63(56)57)66(47-20-10-5-11-21-47)70-65(62)46-18-8-4-9-19-46/h3-42H,1-2H3. The van der Waals surface area contributed by atoms with Crippen LogP contribution in [0.25, 0.3) is 103 Å². The average Bonchev–Trinajstić information content (AvgIpc) is 4.14. The van der Waals surface area contributed by atoms with Gasteiger partial charge < -0.3 is 9.30 Å². The number of nitrogens with zero attached hydrogens (tertiary/aromatic N) is 2. The van der Waals surface area contributed by atoms with Crippen LogP contribution in [0.15, 0.2) is 243 Å². The van der Waals surface area contributed by atoms with Gasteiger partial charge in [0.25, 0.3) is 0 Å². The topological polar surface area (TPSA) is 7.65 Å². The molecule has 0 fully saturated rings. The molecule has 0 aliphatic heterocycles. The highest BCUT2D eigenvalue weighted by Crippen LogP contribution is 2.52. The third-order valence-electron chi connectivity index (χ3n) is 14.9. The summed E-state index contributed by atoms with van der Waals surface area (Å²) in [6.07, 6.45) is 0. The van der Waals surface area contributed by atoms with Crippen molar-refractivity contribution in [2.75, 3.05) is 4.90 Å². The summed E-state index contributed by atoms with van der Waals surface area (Å²) in [4.78, 5) is 5.02. The van der Waals surface area contributed by atoms with E-state index in [1.165, 1.54) is 115 Å². The highest BCUT2D eigenvalue weighted by Gasteiger charge is 2.35. The number of aromatic nitrogens is 1. The zero-order valence-electron chi connectivity index (χ0n) is 38.9. The first-order chi connectivity index (χ1) is 34.5. The fourth-order valence-electron chi connectivity index (χ4n) is 11.5. The lowest BCUT2D eigenvalue weighted by molar-refractivity contribution is 0.660. The van der Waals surface area contributed by atoms with Gasteiger partial charge >= 0.3 is 0 Å². The Labute approximate surface area is 412 Å². The number of hydrogen-bond acceptors (Lipinski definition) is 2. The molecule has 14 rings (SSSR count). The van der Waals surface area contributed by atoms with Crippen molar-refractivity contribution in [1.29, 1.82) is 0 Å². The Morgan fingerprint density at radius 1 is 0.343 bits per heavy atom. The van der Waals surface area contributed by atoms with Crippen molar-refractivity contribution < 1.29 is 0 Å². The Hall–Kier alpha value is -8.50. The van der Waals surface area contributed by atoms with E-state index in [-0.39, 0.29) is 5.41 Å². The molecule has 0 saturated heterocycles. The van der Waals surface area contributed by atoms with Crippen molar-refractivity contribution in [2.45, 2.75) is 19.3 Å². The van der Waals surface area contributed by atoms with Crippen LogP contribution < -0.4 is 4.90 Å². The summed E-state index contributed by atoms with van der Waals surface area (Å²) in [5.74, 6) is 0. The third-order valence-corrected chi connectivity index (χ3v) is 16.2. The summed E-state index contributed by atoms with van der Waals surface area (Å²) < 4.78 is 2.55. The van der Waals surface area contributed by atoms with Crippen LogP contribution in [-0.2, 0) is 5.41 Å². The molecule has 1 aliphatic carbocycles. The highest BCUT2D eigenvalue weighted by atomic mass is 32.1. The van der Waals surface area contributed by atoms with Gasteiger partial charge in [0.15, 0.2) is 0 Å². The van der Waals surface area contributed by atoms with Crippen molar-refractivity contribution >= 4 is 66.5 Å². The Bertz CT molecular complexity index is 4110. The molecular formula is C67H46N2S. The number of rotatable bonds is 8. The zero-order valence-corrected chi connectivity index (χ0v) is 39.7. The maximum Gasteiger partial charge on any atom is 0.0734 e. The Kier molecular flexibility index (Phi) is 9.14. The molecule has 3 aromatic heterocycles. The maximum atomic E-state index is 2.55. The van der Waals surface area contributed by atoms with Gasteiger partial charge in [0.2, 0.25) is 0 Å². The quantitative estimate of drug-likeness (QED) is 0.147. The molecule has 10 aromatic carbocycles. The number of hydrogen-bond donors (Lipinski definition) is 0. The van der Waals surface area contributed by atoms with Crippen LogP contribution in [0.2, 0.25) is 0 Å². The summed E-state index contributed by atoms with van der Waals surface area (Å²) in [5, 5.41) is 5.20. The summed E-state index contributed by atoms with van der Waals surface area (Å²) in [6, 6.07) is 89.5. The molecule has 0 radical (unpaired) electrons. The van der Waals surface area contributed by atoms with Gasteiger partial charge in [-0.15, -0.1) is 11.3 Å². The lowest BCUT2D eigenvalue weighted by Crippen LogP contribution is -2.14. The highest BCUT2D eigenvalue weighted by molar-refractivity contribution is 7.21. The van der Waals surface area contributed by atoms with Gasteiger partial charge in [-0.25, -0.2) is 0 Å². The fraction of sp³-hybridized carbons (Fsp3) is 0.0448. The molecule has 3 heterocycles. The molecule has 2 nitrogen and oxygen atoms in total. The van der Waals surface area contributed by atoms with Crippen molar-refractivity contribution in [3.8, 4) is 65.4 Å². The number of benzene rings is 10. The normalized spacial score (nSPS) is 12.8. The smallest absolute Gasteiger partial charge is 0.0734 e. The first-order valence-corrected chi connectivity index (χ1v) is 25.1. The van der Waals surface area contributed by atoms with Gasteiger partial charge in [0, 0.05) is 48.9 Å². The zero-order chi connectivity index (χ0) is 46.5. The van der Waals surface area contributed by atoms with Gasteiger partial charge in [-0.05, 0) is 121 Å². The summed E-state index contributed by atoms with van der Waals surface area (Å²) in [7, 11) is 0. The number of anilines is 3. The molecule has 0 N–H and O–H groups in total. The van der Waals surface area contributed by atoms with Crippen molar-refractivity contribution in [1.82, 2.24) is 4.40 Å². The largest absolute Gasteiger partial charge is 0.310 e. The van der Waals surface area contributed by atoms with Crippen LogP contribution in [0.3, 0.4) is 0 Å². The Morgan fingerprint density at radius 2 is 0.857 bits per heavy atom. The molecule has 0 saturated carbocycles. The fourth-order valence-corrected chi connectivity index (χ4v) is 12.8. The second-order valence-corrected chi connectivity index (χ2v) is 20.3. The van der Waals surface area contributed by atoms with E-state index in [1.807, 2.05) is 11.3 Å². The molecule has 330 valence electrons. The average molecular weight is 911 g/mol. The van der Waals surface area contributed by atoms with Crippen LogP contribution in [0.1, 0.15) is 25.0 Å². The second-order valence-electron chi connectivity index (χ2n) is 19.3. The number of para-hydroxylation sites is 1. The molecule has 1 aliphatic rings. The number of thiophene rings is 1. The van der Waals surface area contributed by atoms with E-state index in [0.717, 1.165) is 17.1 Å². The van der Waals surface area contributed by atoms with E-state index >= 15 is 0 Å². The lowest BCUT2D eigenvalue weighted by atomic mass is 9.81. The van der Waals surface area contributed by atoms with Crippen LogP contribution in [-0.4, -0.2) is 4.40 Å². The van der Waals surface area contributed by atoms with Gasteiger partial charge in [0.05, 0.1) is 21.4 Å².